The Bertz CT molecular complexity index is 978. The van der Waals surface area contributed by atoms with Crippen LogP contribution in [0.25, 0.3) is 22.5 Å². The van der Waals surface area contributed by atoms with E-state index in [4.69, 9.17) is 14.0 Å². The molecule has 1 aromatic heterocycles. The minimum absolute atomic E-state index is 0.110. The van der Waals surface area contributed by atoms with E-state index < -0.39 is 0 Å². The van der Waals surface area contributed by atoms with E-state index in [0.29, 0.717) is 23.7 Å². The van der Waals surface area contributed by atoms with Gasteiger partial charge in [-0.3, -0.25) is 0 Å². The number of piperidine rings is 1. The van der Waals surface area contributed by atoms with Crippen LogP contribution in [0.4, 0.5) is 0 Å². The zero-order chi connectivity index (χ0) is 22.2. The Morgan fingerprint density at radius 3 is 2.47 bits per heavy atom. The number of rotatable bonds is 10. The van der Waals surface area contributed by atoms with Crippen LogP contribution in [0.5, 0.6) is 17.2 Å². The zero-order valence-corrected chi connectivity index (χ0v) is 18.8. The molecule has 2 heterocycles. The van der Waals surface area contributed by atoms with Gasteiger partial charge in [-0.2, -0.15) is 0 Å². The number of hydrogen-bond acceptors (Lipinski definition) is 6. The zero-order valence-electron chi connectivity index (χ0n) is 18.8. The molecule has 0 aliphatic carbocycles. The summed E-state index contributed by atoms with van der Waals surface area (Å²) in [4.78, 5) is 2.57. The molecule has 1 saturated heterocycles. The second kappa shape index (κ2) is 11.0. The van der Waals surface area contributed by atoms with Gasteiger partial charge in [-0.15, -0.1) is 0 Å². The van der Waals surface area contributed by atoms with Crippen molar-refractivity contribution in [2.75, 3.05) is 33.4 Å². The summed E-state index contributed by atoms with van der Waals surface area (Å²) in [5.41, 5.74) is 2.33. The Morgan fingerprint density at radius 1 is 0.938 bits per heavy atom. The Morgan fingerprint density at radius 2 is 1.72 bits per heavy atom. The minimum atomic E-state index is 0.110. The number of methoxy groups -OCH3 is 1. The lowest BCUT2D eigenvalue weighted by Gasteiger charge is -2.26. The highest BCUT2D eigenvalue weighted by atomic mass is 16.5. The van der Waals surface area contributed by atoms with Crippen molar-refractivity contribution in [2.45, 2.75) is 38.5 Å². The average molecular weight is 437 g/mol. The van der Waals surface area contributed by atoms with Crippen molar-refractivity contribution in [3.05, 3.63) is 48.7 Å². The quantitative estimate of drug-likeness (QED) is 0.408. The summed E-state index contributed by atoms with van der Waals surface area (Å²) < 4.78 is 16.5. The maximum absolute atomic E-state index is 10.6. The highest BCUT2D eigenvalue weighted by molar-refractivity contribution is 5.82. The highest BCUT2D eigenvalue weighted by Crippen LogP contribution is 2.38. The monoisotopic (exact) mass is 436 g/mol. The van der Waals surface area contributed by atoms with Crippen LogP contribution in [-0.2, 0) is 0 Å². The van der Waals surface area contributed by atoms with Crippen LogP contribution in [0.15, 0.2) is 53.2 Å². The Hall–Kier alpha value is -2.99. The van der Waals surface area contributed by atoms with Crippen LogP contribution in [0.3, 0.4) is 0 Å². The summed E-state index contributed by atoms with van der Waals surface area (Å²) >= 11 is 0. The van der Waals surface area contributed by atoms with Gasteiger partial charge in [-0.1, -0.05) is 23.7 Å². The lowest BCUT2D eigenvalue weighted by molar-refractivity contribution is 0.221. The molecule has 32 heavy (non-hydrogen) atoms. The summed E-state index contributed by atoms with van der Waals surface area (Å²) in [6.07, 6.45) is 9.12. The fourth-order valence-corrected chi connectivity index (χ4v) is 4.19. The molecule has 0 unspecified atom stereocenters. The van der Waals surface area contributed by atoms with Crippen LogP contribution < -0.4 is 9.47 Å². The van der Waals surface area contributed by atoms with Gasteiger partial charge in [0.2, 0.25) is 0 Å². The van der Waals surface area contributed by atoms with Gasteiger partial charge in [0.15, 0.2) is 5.76 Å². The highest BCUT2D eigenvalue weighted by Gasteiger charge is 2.17. The molecular weight excluding hydrogens is 404 g/mol. The first kappa shape index (κ1) is 22.2. The molecular formula is C26H32N2O4. The van der Waals surface area contributed by atoms with Crippen molar-refractivity contribution in [2.24, 2.45) is 0 Å². The number of unbranched alkanes of at least 4 members (excludes halogenated alkanes) is 2. The molecule has 1 fully saturated rings. The van der Waals surface area contributed by atoms with Gasteiger partial charge >= 0.3 is 0 Å². The molecule has 0 spiro atoms. The normalized spacial score (nSPS) is 14.4. The summed E-state index contributed by atoms with van der Waals surface area (Å²) in [5.74, 6) is 2.08. The maximum Gasteiger partial charge on any atom is 0.178 e. The number of hydrogen-bond donors (Lipinski definition) is 1. The van der Waals surface area contributed by atoms with Gasteiger partial charge in [0, 0.05) is 11.6 Å². The first-order valence-corrected chi connectivity index (χ1v) is 11.5. The van der Waals surface area contributed by atoms with E-state index in [1.165, 1.54) is 45.3 Å². The smallest absolute Gasteiger partial charge is 0.178 e. The van der Waals surface area contributed by atoms with E-state index in [0.717, 1.165) is 29.7 Å². The average Bonchev–Trinajstić information content (AvgIpc) is 3.32. The van der Waals surface area contributed by atoms with Crippen molar-refractivity contribution < 1.29 is 19.1 Å². The molecule has 1 N–H and O–H groups in total. The van der Waals surface area contributed by atoms with Gasteiger partial charge < -0.3 is 24.0 Å². The van der Waals surface area contributed by atoms with Crippen LogP contribution >= 0.6 is 0 Å². The lowest BCUT2D eigenvalue weighted by atomic mass is 10.0. The van der Waals surface area contributed by atoms with E-state index in [2.05, 4.69) is 10.1 Å². The molecule has 4 rings (SSSR count). The summed E-state index contributed by atoms with van der Waals surface area (Å²) in [5, 5.41) is 14.5. The molecule has 0 radical (unpaired) electrons. The van der Waals surface area contributed by atoms with Crippen molar-refractivity contribution >= 4 is 0 Å². The molecule has 0 bridgehead atoms. The fourth-order valence-electron chi connectivity index (χ4n) is 4.19. The number of phenols is 1. The van der Waals surface area contributed by atoms with Gasteiger partial charge in [-0.25, -0.2) is 0 Å². The Kier molecular flexibility index (Phi) is 7.67. The van der Waals surface area contributed by atoms with E-state index in [1.807, 2.05) is 36.4 Å². The molecule has 170 valence electrons. The van der Waals surface area contributed by atoms with E-state index in [9.17, 15) is 5.11 Å². The molecule has 1 aliphatic heterocycles. The van der Waals surface area contributed by atoms with E-state index in [1.54, 1.807) is 19.4 Å². The minimum Gasteiger partial charge on any atom is -0.507 e. The second-order valence-corrected chi connectivity index (χ2v) is 8.29. The van der Waals surface area contributed by atoms with Gasteiger partial charge in [0.1, 0.15) is 17.2 Å². The Balaban J connectivity index is 1.30. The van der Waals surface area contributed by atoms with Crippen molar-refractivity contribution in [3.63, 3.8) is 0 Å². The molecule has 0 amide bonds. The van der Waals surface area contributed by atoms with Gasteiger partial charge in [-0.05, 0) is 81.6 Å². The maximum atomic E-state index is 10.6. The number of aromatic nitrogens is 1. The third kappa shape index (κ3) is 5.62. The first-order chi connectivity index (χ1) is 15.7. The summed E-state index contributed by atoms with van der Waals surface area (Å²) in [7, 11) is 1.64. The molecule has 1 aliphatic rings. The predicted octanol–water partition coefficient (Wildman–Crippen LogP) is 5.76. The van der Waals surface area contributed by atoms with Crippen molar-refractivity contribution in [1.29, 1.82) is 0 Å². The van der Waals surface area contributed by atoms with Crippen LogP contribution in [-0.4, -0.2) is 48.5 Å². The number of ether oxygens (including phenoxy) is 2. The van der Waals surface area contributed by atoms with Crippen LogP contribution in [0, 0.1) is 0 Å². The standard InChI is InChI=1S/C26H32N2O4/c1-30-21-10-8-20(9-11-21)24-19-27-32-26(24)23-13-12-22(18-25(23)29)31-17-7-3-6-16-28-14-4-2-5-15-28/h8-13,18-19,29H,2-7,14-17H2,1H3. The summed E-state index contributed by atoms with van der Waals surface area (Å²) in [6, 6.07) is 13.0. The number of nitrogens with zero attached hydrogens (tertiary/aromatic N) is 2. The largest absolute Gasteiger partial charge is 0.507 e. The molecule has 3 aromatic rings. The van der Waals surface area contributed by atoms with E-state index in [-0.39, 0.29) is 5.75 Å². The van der Waals surface area contributed by atoms with Crippen molar-refractivity contribution in [1.82, 2.24) is 10.1 Å². The second-order valence-electron chi connectivity index (χ2n) is 8.29. The van der Waals surface area contributed by atoms with Gasteiger partial charge in [0.05, 0.1) is 25.5 Å². The van der Waals surface area contributed by atoms with Crippen LogP contribution in [0.1, 0.15) is 38.5 Å². The lowest BCUT2D eigenvalue weighted by Crippen LogP contribution is -2.30. The third-order valence-electron chi connectivity index (χ3n) is 6.02. The molecule has 2 aromatic carbocycles. The van der Waals surface area contributed by atoms with Crippen molar-refractivity contribution in [3.8, 4) is 39.7 Å². The molecule has 6 heteroatoms. The molecule has 0 saturated carbocycles. The molecule has 0 atom stereocenters. The topological polar surface area (TPSA) is 68.0 Å². The Labute approximate surface area is 189 Å². The van der Waals surface area contributed by atoms with E-state index >= 15 is 0 Å². The number of phenolic OH excluding ortho intramolecular Hbond substituents is 1. The predicted molar refractivity (Wildman–Crippen MR) is 125 cm³/mol. The number of benzene rings is 2. The SMILES string of the molecule is COc1ccc(-c2cnoc2-c2ccc(OCCCCCN3CCCCC3)cc2O)cc1. The third-order valence-corrected chi connectivity index (χ3v) is 6.02. The number of aromatic hydroxyl groups is 1. The molecule has 6 nitrogen and oxygen atoms in total. The first-order valence-electron chi connectivity index (χ1n) is 11.5. The van der Waals surface area contributed by atoms with Crippen LogP contribution in [0.2, 0.25) is 0 Å². The fraction of sp³-hybridized carbons (Fsp3) is 0.423. The number of likely N-dealkylation sites (tertiary alicyclic amines) is 1. The van der Waals surface area contributed by atoms with Gasteiger partial charge in [0.25, 0.3) is 0 Å². The summed E-state index contributed by atoms with van der Waals surface area (Å²) in [6.45, 7) is 4.36.